The van der Waals surface area contributed by atoms with Crippen molar-refractivity contribution in [2.75, 3.05) is 33.9 Å². The van der Waals surface area contributed by atoms with Crippen LogP contribution in [0.3, 0.4) is 0 Å². The molecule has 5 heteroatoms. The molecule has 1 aromatic carbocycles. The number of hydrogen-bond donors (Lipinski definition) is 3. The van der Waals surface area contributed by atoms with E-state index in [1.165, 1.54) is 22.0 Å². The average molecular weight is 288 g/mol. The molecule has 0 bridgehead atoms. The van der Waals surface area contributed by atoms with Gasteiger partial charge in [0.1, 0.15) is 0 Å². The molecule has 3 N–H and O–H groups in total. The third-order valence-corrected chi connectivity index (χ3v) is 3.52. The Morgan fingerprint density at radius 3 is 2.86 bits per heavy atom. The number of aliphatic imine (C=N–C) groups is 1. The van der Waals surface area contributed by atoms with Crippen molar-refractivity contribution in [1.82, 2.24) is 15.6 Å². The number of aromatic nitrogens is 1. The summed E-state index contributed by atoms with van der Waals surface area (Å²) in [5, 5.41) is 7.82. The van der Waals surface area contributed by atoms with Gasteiger partial charge in [-0.2, -0.15) is 0 Å². The van der Waals surface area contributed by atoms with Crippen molar-refractivity contribution in [2.24, 2.45) is 4.99 Å². The van der Waals surface area contributed by atoms with Crippen LogP contribution in [0.15, 0.2) is 29.4 Å². The van der Waals surface area contributed by atoms with Crippen molar-refractivity contribution >= 4 is 16.9 Å². The highest BCUT2D eigenvalue weighted by molar-refractivity contribution is 5.86. The number of nitrogens with one attached hydrogen (secondary N) is 3. The number of rotatable bonds is 6. The van der Waals surface area contributed by atoms with Gasteiger partial charge < -0.3 is 20.4 Å². The lowest BCUT2D eigenvalue weighted by Gasteiger charge is -2.11. The zero-order chi connectivity index (χ0) is 15.1. The van der Waals surface area contributed by atoms with Gasteiger partial charge in [0.15, 0.2) is 5.96 Å². The minimum Gasteiger partial charge on any atom is -0.383 e. The van der Waals surface area contributed by atoms with E-state index in [-0.39, 0.29) is 0 Å². The van der Waals surface area contributed by atoms with Gasteiger partial charge in [-0.1, -0.05) is 18.2 Å². The Bertz CT molecular complexity index is 603. The first-order chi connectivity index (χ1) is 10.3. The molecule has 0 radical (unpaired) electrons. The summed E-state index contributed by atoms with van der Waals surface area (Å²) in [7, 11) is 3.47. The zero-order valence-electron chi connectivity index (χ0n) is 13.0. The summed E-state index contributed by atoms with van der Waals surface area (Å²) in [6.45, 7) is 4.39. The number of ether oxygens (including phenoxy) is 1. The maximum Gasteiger partial charge on any atom is 0.191 e. The van der Waals surface area contributed by atoms with Gasteiger partial charge in [-0.25, -0.2) is 0 Å². The second-order valence-electron chi connectivity index (χ2n) is 4.98. The number of aryl methyl sites for hydroxylation is 1. The Kier molecular flexibility index (Phi) is 5.63. The van der Waals surface area contributed by atoms with Gasteiger partial charge >= 0.3 is 0 Å². The van der Waals surface area contributed by atoms with E-state index in [4.69, 9.17) is 4.74 Å². The van der Waals surface area contributed by atoms with E-state index in [1.54, 1.807) is 14.2 Å². The maximum absolute atomic E-state index is 5.01. The molecule has 0 spiro atoms. The number of para-hydroxylation sites is 1. The Hall–Kier alpha value is -2.01. The Labute approximate surface area is 125 Å². The number of nitrogens with zero attached hydrogens (tertiary/aromatic N) is 1. The average Bonchev–Trinajstić information content (AvgIpc) is 2.90. The third kappa shape index (κ3) is 3.98. The molecule has 0 unspecified atom stereocenters. The van der Waals surface area contributed by atoms with Crippen LogP contribution in [0.25, 0.3) is 10.9 Å². The minimum atomic E-state index is 0.669. The van der Waals surface area contributed by atoms with Crippen molar-refractivity contribution in [3.63, 3.8) is 0 Å². The van der Waals surface area contributed by atoms with Crippen LogP contribution in [0, 0.1) is 6.92 Å². The highest BCUT2D eigenvalue weighted by Gasteiger charge is 2.05. The number of aromatic amines is 1. The first-order valence-corrected chi connectivity index (χ1v) is 7.25. The predicted octanol–water partition coefficient (Wildman–Crippen LogP) is 1.83. The van der Waals surface area contributed by atoms with Crippen molar-refractivity contribution in [1.29, 1.82) is 0 Å². The van der Waals surface area contributed by atoms with Crippen LogP contribution >= 0.6 is 0 Å². The van der Waals surface area contributed by atoms with Crippen LogP contribution in [-0.2, 0) is 11.2 Å². The second kappa shape index (κ2) is 7.69. The summed E-state index contributed by atoms with van der Waals surface area (Å²) in [5.41, 5.74) is 3.84. The second-order valence-corrected chi connectivity index (χ2v) is 4.98. The molecule has 5 nitrogen and oxygen atoms in total. The molecular weight excluding hydrogens is 264 g/mol. The predicted molar refractivity (Wildman–Crippen MR) is 88.0 cm³/mol. The number of hydrogen-bond acceptors (Lipinski definition) is 2. The molecule has 1 heterocycles. The van der Waals surface area contributed by atoms with Gasteiger partial charge in [0.25, 0.3) is 0 Å². The van der Waals surface area contributed by atoms with E-state index >= 15 is 0 Å². The first kappa shape index (κ1) is 15.4. The van der Waals surface area contributed by atoms with Crippen molar-refractivity contribution < 1.29 is 4.74 Å². The molecule has 0 atom stereocenters. The minimum absolute atomic E-state index is 0.669. The van der Waals surface area contributed by atoms with Gasteiger partial charge in [0, 0.05) is 44.3 Å². The van der Waals surface area contributed by atoms with Gasteiger partial charge in [0.2, 0.25) is 0 Å². The Balaban J connectivity index is 1.89. The molecule has 2 aromatic rings. The quantitative estimate of drug-likeness (QED) is 0.432. The summed E-state index contributed by atoms with van der Waals surface area (Å²) in [6.07, 6.45) is 3.05. The molecule has 1 aromatic heterocycles. The number of fused-ring (bicyclic) bond motifs is 1. The largest absolute Gasteiger partial charge is 0.383 e. The van der Waals surface area contributed by atoms with E-state index < -0.39 is 0 Å². The molecule has 0 aliphatic rings. The number of benzene rings is 1. The van der Waals surface area contributed by atoms with Gasteiger partial charge in [-0.3, -0.25) is 4.99 Å². The summed E-state index contributed by atoms with van der Waals surface area (Å²) in [5.74, 6) is 0.808. The topological polar surface area (TPSA) is 61.4 Å². The lowest BCUT2D eigenvalue weighted by atomic mass is 10.1. The molecule has 21 heavy (non-hydrogen) atoms. The fourth-order valence-electron chi connectivity index (χ4n) is 2.38. The van der Waals surface area contributed by atoms with Crippen LogP contribution in [0.4, 0.5) is 0 Å². The van der Waals surface area contributed by atoms with E-state index in [9.17, 15) is 0 Å². The molecule has 0 aliphatic carbocycles. The first-order valence-electron chi connectivity index (χ1n) is 7.25. The van der Waals surface area contributed by atoms with E-state index in [2.05, 4.69) is 51.9 Å². The van der Waals surface area contributed by atoms with Crippen LogP contribution in [0.2, 0.25) is 0 Å². The van der Waals surface area contributed by atoms with Crippen molar-refractivity contribution in [3.05, 3.63) is 35.5 Å². The van der Waals surface area contributed by atoms with E-state index in [0.717, 1.165) is 25.5 Å². The van der Waals surface area contributed by atoms with E-state index in [0.29, 0.717) is 6.61 Å². The Morgan fingerprint density at radius 2 is 2.10 bits per heavy atom. The summed E-state index contributed by atoms with van der Waals surface area (Å²) >= 11 is 0. The fourth-order valence-corrected chi connectivity index (χ4v) is 2.38. The zero-order valence-corrected chi connectivity index (χ0v) is 13.0. The Morgan fingerprint density at radius 1 is 1.29 bits per heavy atom. The molecule has 0 saturated carbocycles. The fraction of sp³-hybridized carbons (Fsp3) is 0.438. The third-order valence-electron chi connectivity index (χ3n) is 3.52. The maximum atomic E-state index is 5.01. The summed E-state index contributed by atoms with van der Waals surface area (Å²) in [4.78, 5) is 7.55. The van der Waals surface area contributed by atoms with Crippen LogP contribution in [0.1, 0.15) is 11.1 Å². The lowest BCUT2D eigenvalue weighted by Crippen LogP contribution is -2.39. The smallest absolute Gasteiger partial charge is 0.191 e. The number of guanidine groups is 1. The van der Waals surface area contributed by atoms with Gasteiger partial charge in [-0.15, -0.1) is 0 Å². The summed E-state index contributed by atoms with van der Waals surface area (Å²) < 4.78 is 5.01. The number of methoxy groups -OCH3 is 1. The molecule has 0 amide bonds. The van der Waals surface area contributed by atoms with Crippen LogP contribution in [0.5, 0.6) is 0 Å². The molecule has 114 valence electrons. The SMILES string of the molecule is CN=C(NCCOC)NCCc1c[nH]c2c(C)cccc12. The molecule has 0 saturated heterocycles. The van der Waals surface area contributed by atoms with Crippen LogP contribution < -0.4 is 10.6 Å². The highest BCUT2D eigenvalue weighted by Crippen LogP contribution is 2.21. The summed E-state index contributed by atoms with van der Waals surface area (Å²) in [6, 6.07) is 6.40. The van der Waals surface area contributed by atoms with Crippen molar-refractivity contribution in [2.45, 2.75) is 13.3 Å². The van der Waals surface area contributed by atoms with Crippen molar-refractivity contribution in [3.8, 4) is 0 Å². The van der Waals surface area contributed by atoms with Gasteiger partial charge in [-0.05, 0) is 24.5 Å². The highest BCUT2D eigenvalue weighted by atomic mass is 16.5. The van der Waals surface area contributed by atoms with Gasteiger partial charge in [0.05, 0.1) is 6.61 Å². The monoisotopic (exact) mass is 288 g/mol. The molecule has 0 aliphatic heterocycles. The van der Waals surface area contributed by atoms with E-state index in [1.807, 2.05) is 0 Å². The lowest BCUT2D eigenvalue weighted by molar-refractivity contribution is 0.203. The molecular formula is C16H24N4O. The molecule has 2 rings (SSSR count). The molecule has 0 fully saturated rings. The normalized spacial score (nSPS) is 11.9. The van der Waals surface area contributed by atoms with Crippen LogP contribution in [-0.4, -0.2) is 44.8 Å². The number of H-pyrrole nitrogens is 1. The standard InChI is InChI=1S/C16H24N4O/c1-12-5-4-6-14-13(11-20-15(12)14)7-8-18-16(17-2)19-9-10-21-3/h4-6,11,20H,7-10H2,1-3H3,(H2,17,18,19).